The number of carboxylic acids is 1. The van der Waals surface area contributed by atoms with Crippen molar-refractivity contribution in [2.45, 2.75) is 64.2 Å². The summed E-state index contributed by atoms with van der Waals surface area (Å²) in [5, 5.41) is 9.53. The van der Waals surface area contributed by atoms with Crippen LogP contribution in [-0.4, -0.2) is 11.1 Å². The molecule has 2 unspecified atom stereocenters. The lowest BCUT2D eigenvalue weighted by Gasteiger charge is -2.39. The number of hydrogen-bond donors (Lipinski definition) is 1. The van der Waals surface area contributed by atoms with Crippen molar-refractivity contribution in [1.82, 2.24) is 0 Å². The van der Waals surface area contributed by atoms with Crippen LogP contribution in [-0.2, 0) is 4.79 Å². The number of carboxylic acid groups (broad SMARTS) is 1. The van der Waals surface area contributed by atoms with Gasteiger partial charge < -0.3 is 5.11 Å². The fraction of sp³-hybridized carbons (Fsp3) is 0.632. The highest BCUT2D eigenvalue weighted by Crippen LogP contribution is 2.47. The van der Waals surface area contributed by atoms with Gasteiger partial charge in [-0.15, -0.1) is 0 Å². The van der Waals surface area contributed by atoms with Crippen molar-refractivity contribution in [3.63, 3.8) is 0 Å². The summed E-state index contributed by atoms with van der Waals surface area (Å²) in [6.07, 6.45) is 6.77. The molecule has 0 amide bonds. The van der Waals surface area contributed by atoms with E-state index in [9.17, 15) is 9.90 Å². The van der Waals surface area contributed by atoms with Gasteiger partial charge >= 0.3 is 5.97 Å². The summed E-state index contributed by atoms with van der Waals surface area (Å²) in [6, 6.07) is 8.85. The minimum atomic E-state index is -0.626. The van der Waals surface area contributed by atoms with Crippen molar-refractivity contribution in [2.24, 2.45) is 11.3 Å². The van der Waals surface area contributed by atoms with Gasteiger partial charge in [-0.2, -0.15) is 0 Å². The Balaban J connectivity index is 1.82. The average Bonchev–Trinajstić information content (AvgIpc) is 2.36. The van der Waals surface area contributed by atoms with Crippen molar-refractivity contribution < 1.29 is 9.90 Å². The van der Waals surface area contributed by atoms with Crippen LogP contribution in [0, 0.1) is 11.3 Å². The van der Waals surface area contributed by atoms with E-state index in [-0.39, 0.29) is 17.3 Å². The summed E-state index contributed by atoms with van der Waals surface area (Å²) >= 11 is 0. The van der Waals surface area contributed by atoms with E-state index < -0.39 is 5.97 Å². The predicted octanol–water partition coefficient (Wildman–Crippen LogP) is 4.95. The van der Waals surface area contributed by atoms with Crippen LogP contribution in [0.2, 0.25) is 0 Å². The highest BCUT2D eigenvalue weighted by atomic mass is 16.4. The third-order valence-corrected chi connectivity index (χ3v) is 5.65. The van der Waals surface area contributed by atoms with E-state index in [0.29, 0.717) is 0 Å². The molecule has 0 spiro atoms. The SMILES string of the molecule is CC1(C)CCC(C(=O)O)C(c2ccc(C3CCC3)cc2)C1. The maximum atomic E-state index is 11.6. The van der Waals surface area contributed by atoms with Crippen molar-refractivity contribution in [1.29, 1.82) is 0 Å². The molecule has 2 aliphatic carbocycles. The second kappa shape index (κ2) is 5.47. The molecule has 0 aliphatic heterocycles. The summed E-state index contributed by atoms with van der Waals surface area (Å²) in [7, 11) is 0. The molecule has 1 aromatic rings. The normalized spacial score (nSPS) is 28.9. The number of aliphatic carboxylic acids is 1. The zero-order valence-electron chi connectivity index (χ0n) is 13.1. The Morgan fingerprint density at radius 3 is 2.24 bits per heavy atom. The van der Waals surface area contributed by atoms with Crippen LogP contribution in [0.25, 0.3) is 0 Å². The molecule has 1 aromatic carbocycles. The summed E-state index contributed by atoms with van der Waals surface area (Å²) < 4.78 is 0. The molecule has 2 aliphatic rings. The van der Waals surface area contributed by atoms with Crippen LogP contribution in [0.5, 0.6) is 0 Å². The zero-order valence-corrected chi connectivity index (χ0v) is 13.1. The highest BCUT2D eigenvalue weighted by Gasteiger charge is 2.39. The van der Waals surface area contributed by atoms with Gasteiger partial charge in [0.25, 0.3) is 0 Å². The quantitative estimate of drug-likeness (QED) is 0.853. The smallest absolute Gasteiger partial charge is 0.307 e. The summed E-state index contributed by atoms with van der Waals surface area (Å²) in [6.45, 7) is 4.53. The van der Waals surface area contributed by atoms with E-state index in [1.54, 1.807) is 0 Å². The van der Waals surface area contributed by atoms with Gasteiger partial charge in [0, 0.05) is 0 Å². The van der Waals surface area contributed by atoms with Crippen molar-refractivity contribution in [3.05, 3.63) is 35.4 Å². The zero-order chi connectivity index (χ0) is 15.0. The summed E-state index contributed by atoms with van der Waals surface area (Å²) in [5.74, 6) is 0.0740. The lowest BCUT2D eigenvalue weighted by molar-refractivity contribution is -0.144. The van der Waals surface area contributed by atoms with Gasteiger partial charge in [0.05, 0.1) is 5.92 Å². The van der Waals surface area contributed by atoms with Gasteiger partial charge in [0.1, 0.15) is 0 Å². The second-order valence-electron chi connectivity index (χ2n) is 7.75. The standard InChI is InChI=1S/C19H26O2/c1-19(2)11-10-16(18(20)21)17(12-19)15-8-6-14(7-9-15)13-4-3-5-13/h6-9,13,16-17H,3-5,10-12H2,1-2H3,(H,20,21). The van der Waals surface area contributed by atoms with Gasteiger partial charge in [-0.05, 0) is 60.5 Å². The molecule has 0 aromatic heterocycles. The number of carbonyl (C=O) groups is 1. The molecule has 2 heteroatoms. The van der Waals surface area contributed by atoms with E-state index >= 15 is 0 Å². The third kappa shape index (κ3) is 3.00. The topological polar surface area (TPSA) is 37.3 Å². The fourth-order valence-electron chi connectivity index (χ4n) is 3.99. The van der Waals surface area contributed by atoms with E-state index in [1.807, 2.05) is 0 Å². The molecule has 2 atom stereocenters. The fourth-order valence-corrected chi connectivity index (χ4v) is 3.99. The van der Waals surface area contributed by atoms with Crippen LogP contribution >= 0.6 is 0 Å². The molecule has 0 saturated heterocycles. The molecule has 114 valence electrons. The van der Waals surface area contributed by atoms with Crippen LogP contribution in [0.1, 0.15) is 75.3 Å². The minimum Gasteiger partial charge on any atom is -0.481 e. The van der Waals surface area contributed by atoms with E-state index in [0.717, 1.165) is 25.2 Å². The van der Waals surface area contributed by atoms with Crippen LogP contribution in [0.3, 0.4) is 0 Å². The molecule has 2 fully saturated rings. The first-order valence-electron chi connectivity index (χ1n) is 8.29. The largest absolute Gasteiger partial charge is 0.481 e. The minimum absolute atomic E-state index is 0.168. The van der Waals surface area contributed by atoms with Gasteiger partial charge in [-0.1, -0.05) is 44.5 Å². The Morgan fingerprint density at radius 1 is 1.10 bits per heavy atom. The van der Waals surface area contributed by atoms with Crippen molar-refractivity contribution in [2.75, 3.05) is 0 Å². The lowest BCUT2D eigenvalue weighted by Crippen LogP contribution is -2.33. The molecule has 0 heterocycles. The molecule has 0 radical (unpaired) electrons. The van der Waals surface area contributed by atoms with E-state index in [4.69, 9.17) is 0 Å². The first-order chi connectivity index (χ1) is 9.96. The Morgan fingerprint density at radius 2 is 1.71 bits per heavy atom. The Labute approximate surface area is 127 Å². The summed E-state index contributed by atoms with van der Waals surface area (Å²) in [4.78, 5) is 11.6. The molecule has 0 bridgehead atoms. The second-order valence-corrected chi connectivity index (χ2v) is 7.75. The maximum Gasteiger partial charge on any atom is 0.307 e. The monoisotopic (exact) mass is 286 g/mol. The first-order valence-corrected chi connectivity index (χ1v) is 8.29. The number of hydrogen-bond acceptors (Lipinski definition) is 1. The molecular formula is C19H26O2. The number of rotatable bonds is 3. The first kappa shape index (κ1) is 14.6. The Hall–Kier alpha value is -1.31. The van der Waals surface area contributed by atoms with Gasteiger partial charge in [0.15, 0.2) is 0 Å². The van der Waals surface area contributed by atoms with E-state index in [1.165, 1.54) is 30.4 Å². The lowest BCUT2D eigenvalue weighted by atomic mass is 9.65. The molecule has 3 rings (SSSR count). The molecule has 21 heavy (non-hydrogen) atoms. The van der Waals surface area contributed by atoms with Crippen LogP contribution < -0.4 is 0 Å². The van der Waals surface area contributed by atoms with Gasteiger partial charge in [-0.25, -0.2) is 0 Å². The molecular weight excluding hydrogens is 260 g/mol. The Bertz CT molecular complexity index is 511. The van der Waals surface area contributed by atoms with Crippen LogP contribution in [0.15, 0.2) is 24.3 Å². The molecule has 2 saturated carbocycles. The van der Waals surface area contributed by atoms with Gasteiger partial charge in [-0.3, -0.25) is 4.79 Å². The van der Waals surface area contributed by atoms with Gasteiger partial charge in [0.2, 0.25) is 0 Å². The van der Waals surface area contributed by atoms with Crippen molar-refractivity contribution in [3.8, 4) is 0 Å². The molecule has 1 N–H and O–H groups in total. The van der Waals surface area contributed by atoms with Crippen LogP contribution in [0.4, 0.5) is 0 Å². The third-order valence-electron chi connectivity index (χ3n) is 5.65. The summed E-state index contributed by atoms with van der Waals surface area (Å²) in [5.41, 5.74) is 2.91. The maximum absolute atomic E-state index is 11.6. The Kier molecular flexibility index (Phi) is 3.81. The number of benzene rings is 1. The van der Waals surface area contributed by atoms with E-state index in [2.05, 4.69) is 38.1 Å². The molecule has 2 nitrogen and oxygen atoms in total. The van der Waals surface area contributed by atoms with Crippen molar-refractivity contribution >= 4 is 5.97 Å². The average molecular weight is 286 g/mol. The highest BCUT2D eigenvalue weighted by molar-refractivity contribution is 5.71. The predicted molar refractivity (Wildman–Crippen MR) is 84.5 cm³/mol.